The van der Waals surface area contributed by atoms with E-state index >= 15 is 0 Å². The summed E-state index contributed by atoms with van der Waals surface area (Å²) in [5.74, 6) is 0.909. The van der Waals surface area contributed by atoms with Crippen molar-refractivity contribution in [1.82, 2.24) is 20.4 Å². The Labute approximate surface area is 154 Å². The van der Waals surface area contributed by atoms with Gasteiger partial charge in [0.25, 0.3) is 0 Å². The minimum Gasteiger partial charge on any atom is -0.335 e. The van der Waals surface area contributed by atoms with Gasteiger partial charge in [-0.2, -0.15) is 0 Å². The maximum atomic E-state index is 12.2. The predicted molar refractivity (Wildman–Crippen MR) is 102 cm³/mol. The van der Waals surface area contributed by atoms with Crippen molar-refractivity contribution >= 4 is 22.5 Å². The number of aromatic nitrogens is 2. The minimum absolute atomic E-state index is 0.146. The molecule has 0 radical (unpaired) electrons. The average molecular weight is 366 g/mol. The zero-order valence-corrected chi connectivity index (χ0v) is 16.1. The van der Waals surface area contributed by atoms with E-state index < -0.39 is 0 Å². The predicted octanol–water partition coefficient (Wildman–Crippen LogP) is 3.66. The van der Waals surface area contributed by atoms with Gasteiger partial charge in [0.1, 0.15) is 5.01 Å². The summed E-state index contributed by atoms with van der Waals surface area (Å²) in [7, 11) is 0. The summed E-state index contributed by atoms with van der Waals surface area (Å²) in [5, 5.41) is 15.7. The third-order valence-electron chi connectivity index (χ3n) is 5.35. The van der Waals surface area contributed by atoms with Crippen LogP contribution in [0.2, 0.25) is 0 Å². The molecule has 0 spiro atoms. The van der Waals surface area contributed by atoms with Crippen LogP contribution in [0.1, 0.15) is 63.3 Å². The van der Waals surface area contributed by atoms with E-state index in [1.807, 2.05) is 0 Å². The molecular weight excluding hydrogens is 334 g/mol. The van der Waals surface area contributed by atoms with Crippen LogP contribution in [0.3, 0.4) is 0 Å². The van der Waals surface area contributed by atoms with E-state index in [2.05, 4.69) is 32.7 Å². The first-order valence-corrected chi connectivity index (χ1v) is 10.7. The van der Waals surface area contributed by atoms with E-state index in [0.717, 1.165) is 56.1 Å². The first-order chi connectivity index (χ1) is 12.2. The van der Waals surface area contributed by atoms with E-state index in [9.17, 15) is 4.79 Å². The molecule has 2 N–H and O–H groups in total. The summed E-state index contributed by atoms with van der Waals surface area (Å²) >= 11 is 1.48. The number of hydrogen-bond donors (Lipinski definition) is 2. The fraction of sp³-hybridized carbons (Fsp3) is 0.833. The highest BCUT2D eigenvalue weighted by Crippen LogP contribution is 2.26. The van der Waals surface area contributed by atoms with Gasteiger partial charge in [-0.1, -0.05) is 37.5 Å². The Balaban J connectivity index is 1.35. The number of carbonyl (C=O) groups excluding carboxylic acids is 1. The minimum atomic E-state index is -0.146. The number of anilines is 1. The molecule has 2 heterocycles. The number of urea groups is 1. The van der Waals surface area contributed by atoms with Crippen LogP contribution in [-0.4, -0.2) is 46.8 Å². The molecule has 0 aromatic carbocycles. The van der Waals surface area contributed by atoms with Gasteiger partial charge in [-0.15, -0.1) is 10.2 Å². The van der Waals surface area contributed by atoms with Crippen molar-refractivity contribution in [3.05, 3.63) is 5.01 Å². The quantitative estimate of drug-likeness (QED) is 0.774. The van der Waals surface area contributed by atoms with Gasteiger partial charge in [0, 0.05) is 32.1 Å². The number of rotatable bonds is 7. The van der Waals surface area contributed by atoms with Crippen molar-refractivity contribution in [2.24, 2.45) is 5.92 Å². The van der Waals surface area contributed by atoms with Crippen LogP contribution in [0.4, 0.5) is 9.93 Å². The smallest absolute Gasteiger partial charge is 0.321 e. The van der Waals surface area contributed by atoms with E-state index in [4.69, 9.17) is 0 Å². The molecule has 2 amide bonds. The van der Waals surface area contributed by atoms with Crippen molar-refractivity contribution in [3.63, 3.8) is 0 Å². The molecule has 0 bridgehead atoms. The SMILES string of the molecule is CCCCc1nnc(NC(=O)NC2CCN(CC3CCCC3)CC2)s1. The largest absolute Gasteiger partial charge is 0.335 e. The van der Waals surface area contributed by atoms with Gasteiger partial charge >= 0.3 is 6.03 Å². The summed E-state index contributed by atoms with van der Waals surface area (Å²) in [4.78, 5) is 14.7. The zero-order chi connectivity index (χ0) is 17.5. The third kappa shape index (κ3) is 5.92. The van der Waals surface area contributed by atoms with Crippen LogP contribution in [0, 0.1) is 5.92 Å². The Hall–Kier alpha value is -1.21. The van der Waals surface area contributed by atoms with Gasteiger partial charge in [-0.3, -0.25) is 5.32 Å². The summed E-state index contributed by atoms with van der Waals surface area (Å²) in [5.41, 5.74) is 0. The molecule has 1 aromatic rings. The van der Waals surface area contributed by atoms with Gasteiger partial charge in [0.15, 0.2) is 0 Å². The highest BCUT2D eigenvalue weighted by molar-refractivity contribution is 7.15. The Bertz CT molecular complexity index is 535. The Kier molecular flexibility index (Phi) is 7.04. The molecular formula is C18H31N5OS. The van der Waals surface area contributed by atoms with Gasteiger partial charge in [-0.25, -0.2) is 4.79 Å². The monoisotopic (exact) mass is 365 g/mol. The maximum Gasteiger partial charge on any atom is 0.321 e. The molecule has 0 unspecified atom stereocenters. The topological polar surface area (TPSA) is 70.1 Å². The molecule has 25 heavy (non-hydrogen) atoms. The van der Waals surface area contributed by atoms with E-state index in [1.54, 1.807) is 0 Å². The second kappa shape index (κ2) is 9.48. The van der Waals surface area contributed by atoms with Crippen molar-refractivity contribution < 1.29 is 4.79 Å². The third-order valence-corrected chi connectivity index (χ3v) is 6.24. The maximum absolute atomic E-state index is 12.2. The molecule has 6 nitrogen and oxygen atoms in total. The normalized spacial score (nSPS) is 20.0. The molecule has 3 rings (SSSR count). The molecule has 2 aliphatic rings. The molecule has 1 aliphatic carbocycles. The van der Waals surface area contributed by atoms with E-state index in [0.29, 0.717) is 5.13 Å². The Morgan fingerprint density at radius 3 is 2.68 bits per heavy atom. The number of piperidine rings is 1. The lowest BCUT2D eigenvalue weighted by atomic mass is 10.0. The fourth-order valence-corrected chi connectivity index (χ4v) is 4.65. The van der Waals surface area contributed by atoms with Crippen molar-refractivity contribution in [3.8, 4) is 0 Å². The van der Waals surface area contributed by atoms with E-state index in [-0.39, 0.29) is 12.1 Å². The molecule has 1 saturated heterocycles. The summed E-state index contributed by atoms with van der Waals surface area (Å²) in [6.07, 6.45) is 10.9. The lowest BCUT2D eigenvalue weighted by Gasteiger charge is -2.33. The first-order valence-electron chi connectivity index (χ1n) is 9.85. The van der Waals surface area contributed by atoms with Crippen LogP contribution in [-0.2, 0) is 6.42 Å². The van der Waals surface area contributed by atoms with Crippen LogP contribution in [0.25, 0.3) is 0 Å². The van der Waals surface area contributed by atoms with Crippen molar-refractivity contribution in [1.29, 1.82) is 0 Å². The number of carbonyl (C=O) groups is 1. The molecule has 1 aliphatic heterocycles. The molecule has 1 saturated carbocycles. The van der Waals surface area contributed by atoms with Crippen molar-refractivity contribution in [2.45, 2.75) is 70.8 Å². The lowest BCUT2D eigenvalue weighted by molar-refractivity contribution is 0.173. The number of likely N-dealkylation sites (tertiary alicyclic amines) is 1. The first kappa shape index (κ1) is 18.6. The number of nitrogens with one attached hydrogen (secondary N) is 2. The highest BCUT2D eigenvalue weighted by atomic mass is 32.1. The molecule has 7 heteroatoms. The molecule has 140 valence electrons. The molecule has 0 atom stereocenters. The molecule has 2 fully saturated rings. The zero-order valence-electron chi connectivity index (χ0n) is 15.3. The Morgan fingerprint density at radius 2 is 1.96 bits per heavy atom. The molecule has 1 aromatic heterocycles. The van der Waals surface area contributed by atoms with Gasteiger partial charge < -0.3 is 10.2 Å². The Morgan fingerprint density at radius 1 is 1.20 bits per heavy atom. The van der Waals surface area contributed by atoms with Crippen LogP contribution in [0.5, 0.6) is 0 Å². The second-order valence-electron chi connectivity index (χ2n) is 7.43. The highest BCUT2D eigenvalue weighted by Gasteiger charge is 2.24. The van der Waals surface area contributed by atoms with E-state index in [1.165, 1.54) is 43.6 Å². The summed E-state index contributed by atoms with van der Waals surface area (Å²) in [6, 6.07) is 0.125. The van der Waals surface area contributed by atoms with Gasteiger partial charge in [0.2, 0.25) is 5.13 Å². The van der Waals surface area contributed by atoms with Crippen LogP contribution >= 0.6 is 11.3 Å². The second-order valence-corrected chi connectivity index (χ2v) is 8.49. The van der Waals surface area contributed by atoms with Crippen LogP contribution in [0.15, 0.2) is 0 Å². The number of aryl methyl sites for hydroxylation is 1. The number of unbranched alkanes of at least 4 members (excludes halogenated alkanes) is 1. The summed E-state index contributed by atoms with van der Waals surface area (Å²) in [6.45, 7) is 5.61. The van der Waals surface area contributed by atoms with Crippen molar-refractivity contribution in [2.75, 3.05) is 25.0 Å². The lowest BCUT2D eigenvalue weighted by Crippen LogP contribution is -2.46. The standard InChI is InChI=1S/C18H31N5OS/c1-2-3-8-16-21-22-18(25-16)20-17(24)19-15-9-11-23(12-10-15)13-14-6-4-5-7-14/h14-15H,2-13H2,1H3,(H2,19,20,22,24). The fourth-order valence-electron chi connectivity index (χ4n) is 3.87. The van der Waals surface area contributed by atoms with Crippen LogP contribution < -0.4 is 10.6 Å². The number of hydrogen-bond acceptors (Lipinski definition) is 5. The van der Waals surface area contributed by atoms with Gasteiger partial charge in [0.05, 0.1) is 0 Å². The average Bonchev–Trinajstić information content (AvgIpc) is 3.27. The number of amides is 2. The number of nitrogens with zero attached hydrogens (tertiary/aromatic N) is 3. The van der Waals surface area contributed by atoms with Gasteiger partial charge in [-0.05, 0) is 38.0 Å². The summed E-state index contributed by atoms with van der Waals surface area (Å²) < 4.78 is 0.